The van der Waals surface area contributed by atoms with Crippen LogP contribution in [0.15, 0.2) is 0 Å². The molecule has 0 heterocycles. The number of hydrogen-bond acceptors (Lipinski definition) is 3. The highest BCUT2D eigenvalue weighted by Crippen LogP contribution is 1.92. The predicted octanol–water partition coefficient (Wildman–Crippen LogP) is 0.414. The van der Waals surface area contributed by atoms with Gasteiger partial charge in [0.25, 0.3) is 9.20 Å². The van der Waals surface area contributed by atoms with Crippen molar-refractivity contribution in [3.05, 3.63) is 0 Å². The Morgan fingerprint density at radius 1 is 1.33 bits per heavy atom. The molecule has 1 unspecified atom stereocenters. The quantitative estimate of drug-likeness (QED) is 0.589. The van der Waals surface area contributed by atoms with Crippen molar-refractivity contribution in [2.75, 3.05) is 33.8 Å². The molecule has 0 bridgehead atoms. The average molecular weight is 190 g/mol. The molecule has 3 nitrogen and oxygen atoms in total. The summed E-state index contributed by atoms with van der Waals surface area (Å²) in [7, 11) is 3.12. The van der Waals surface area contributed by atoms with Crippen LogP contribution in [0, 0.1) is 0 Å². The molecule has 0 aliphatic carbocycles. The van der Waals surface area contributed by atoms with Crippen LogP contribution in [0.3, 0.4) is 0 Å². The van der Waals surface area contributed by atoms with E-state index in [9.17, 15) is 0 Å². The second kappa shape index (κ2) is 7.73. The number of nitrogens with one attached hydrogen (secondary N) is 1. The Morgan fingerprint density at radius 3 is 2.42 bits per heavy atom. The van der Waals surface area contributed by atoms with Crippen LogP contribution in [-0.2, 0) is 4.43 Å². The van der Waals surface area contributed by atoms with E-state index in [1.54, 1.807) is 0 Å². The Morgan fingerprint density at radius 2 is 2.00 bits per heavy atom. The molecule has 1 N–H and O–H groups in total. The average Bonchev–Trinajstić information content (AvgIpc) is 2.01. The molecule has 0 radical (unpaired) electrons. The zero-order valence-electron chi connectivity index (χ0n) is 8.76. The van der Waals surface area contributed by atoms with Crippen LogP contribution in [-0.4, -0.2) is 47.9 Å². The van der Waals surface area contributed by atoms with Gasteiger partial charge in [0.2, 0.25) is 0 Å². The van der Waals surface area contributed by atoms with Crippen molar-refractivity contribution in [1.82, 2.24) is 9.88 Å². The molecule has 0 saturated heterocycles. The Hall–Kier alpha value is 0.0969. The second-order valence-electron chi connectivity index (χ2n) is 3.09. The van der Waals surface area contributed by atoms with E-state index in [1.807, 2.05) is 0 Å². The van der Waals surface area contributed by atoms with Gasteiger partial charge < -0.3 is 14.3 Å². The van der Waals surface area contributed by atoms with Crippen LogP contribution in [0.25, 0.3) is 0 Å². The normalized spacial score (nSPS) is 13.8. The first-order valence-corrected chi connectivity index (χ1v) is 6.56. The highest BCUT2D eigenvalue weighted by atomic mass is 28.3. The van der Waals surface area contributed by atoms with E-state index in [0.29, 0.717) is 0 Å². The summed E-state index contributed by atoms with van der Waals surface area (Å²) in [5.41, 5.74) is 0. The van der Waals surface area contributed by atoms with E-state index >= 15 is 0 Å². The highest BCUT2D eigenvalue weighted by Gasteiger charge is 2.09. The van der Waals surface area contributed by atoms with Crippen molar-refractivity contribution in [2.45, 2.75) is 19.9 Å². The van der Waals surface area contributed by atoms with E-state index in [2.05, 4.69) is 37.8 Å². The lowest BCUT2D eigenvalue weighted by atomic mass is 10.7. The van der Waals surface area contributed by atoms with Crippen LogP contribution in [0.1, 0.15) is 13.8 Å². The summed E-state index contributed by atoms with van der Waals surface area (Å²) in [6.07, 6.45) is 0. The molecule has 0 aromatic heterocycles. The lowest BCUT2D eigenvalue weighted by Gasteiger charge is -2.17. The summed E-state index contributed by atoms with van der Waals surface area (Å²) in [5, 5.41) is 0. The molecule has 0 aromatic carbocycles. The molecule has 0 saturated carbocycles. The van der Waals surface area contributed by atoms with Gasteiger partial charge >= 0.3 is 0 Å². The van der Waals surface area contributed by atoms with E-state index in [1.165, 1.54) is 6.04 Å². The highest BCUT2D eigenvalue weighted by molar-refractivity contribution is 6.48. The van der Waals surface area contributed by atoms with Crippen molar-refractivity contribution in [3.8, 4) is 0 Å². The van der Waals surface area contributed by atoms with Gasteiger partial charge in [-0.1, -0.05) is 6.92 Å². The molecule has 4 heteroatoms. The fourth-order valence-electron chi connectivity index (χ4n) is 1.05. The lowest BCUT2D eigenvalue weighted by Crippen LogP contribution is -2.39. The van der Waals surface area contributed by atoms with Crippen LogP contribution < -0.4 is 4.98 Å². The van der Waals surface area contributed by atoms with Gasteiger partial charge in [0.05, 0.1) is 0 Å². The largest absolute Gasteiger partial charge is 0.406 e. The van der Waals surface area contributed by atoms with Crippen LogP contribution >= 0.6 is 0 Å². The summed E-state index contributed by atoms with van der Waals surface area (Å²) >= 11 is 0. The molecule has 0 rings (SSSR count). The maximum absolute atomic E-state index is 5.63. The molecule has 0 spiro atoms. The third kappa shape index (κ3) is 6.79. The standard InChI is InChI=1S/C8H22N2OSi/c1-5-9-12(11-6-2)8-7-10(3)4/h9,12H,5-8H2,1-4H3. The predicted molar refractivity (Wildman–Crippen MR) is 55.8 cm³/mol. The fourth-order valence-corrected chi connectivity index (χ4v) is 3.15. The summed E-state index contributed by atoms with van der Waals surface area (Å²) in [4.78, 5) is 5.63. The minimum atomic E-state index is -1.08. The Labute approximate surface area is 77.9 Å². The lowest BCUT2D eigenvalue weighted by molar-refractivity contribution is 0.325. The second-order valence-corrected chi connectivity index (χ2v) is 5.39. The van der Waals surface area contributed by atoms with Crippen LogP contribution in [0.5, 0.6) is 0 Å². The van der Waals surface area contributed by atoms with E-state index in [0.717, 1.165) is 19.7 Å². The summed E-state index contributed by atoms with van der Waals surface area (Å²) < 4.78 is 5.63. The zero-order chi connectivity index (χ0) is 9.40. The summed E-state index contributed by atoms with van der Waals surface area (Å²) in [6.45, 7) is 7.20. The number of hydrogen-bond donors (Lipinski definition) is 1. The van der Waals surface area contributed by atoms with Crippen molar-refractivity contribution >= 4 is 9.20 Å². The maximum atomic E-state index is 5.63. The molecule has 0 aromatic rings. The van der Waals surface area contributed by atoms with Gasteiger partial charge in [-0.25, -0.2) is 0 Å². The van der Waals surface area contributed by atoms with Crippen molar-refractivity contribution in [1.29, 1.82) is 0 Å². The number of nitrogens with zero attached hydrogens (tertiary/aromatic N) is 1. The van der Waals surface area contributed by atoms with Gasteiger partial charge in [0, 0.05) is 6.61 Å². The minimum Gasteiger partial charge on any atom is -0.406 e. The Balaban J connectivity index is 3.48. The topological polar surface area (TPSA) is 24.5 Å². The SMILES string of the molecule is CCN[SiH](CCN(C)C)OCC. The molecular weight excluding hydrogens is 168 g/mol. The molecule has 0 fully saturated rings. The molecule has 74 valence electrons. The monoisotopic (exact) mass is 190 g/mol. The first kappa shape index (κ1) is 12.1. The first-order valence-electron chi connectivity index (χ1n) is 4.70. The van der Waals surface area contributed by atoms with Gasteiger partial charge in [0.1, 0.15) is 0 Å². The third-order valence-corrected chi connectivity index (χ3v) is 4.02. The van der Waals surface area contributed by atoms with Gasteiger partial charge in [0.15, 0.2) is 0 Å². The summed E-state index contributed by atoms with van der Waals surface area (Å²) in [6, 6.07) is 1.19. The Kier molecular flexibility index (Phi) is 7.79. The first-order chi connectivity index (χ1) is 5.70. The third-order valence-electron chi connectivity index (χ3n) is 1.64. The summed E-state index contributed by atoms with van der Waals surface area (Å²) in [5.74, 6) is 0. The smallest absolute Gasteiger partial charge is 0.253 e. The molecule has 12 heavy (non-hydrogen) atoms. The van der Waals surface area contributed by atoms with E-state index in [4.69, 9.17) is 4.43 Å². The molecular formula is C8H22N2OSi. The van der Waals surface area contributed by atoms with Gasteiger partial charge in [-0.2, -0.15) is 0 Å². The fraction of sp³-hybridized carbons (Fsp3) is 1.00. The molecule has 0 aliphatic rings. The molecule has 0 aliphatic heterocycles. The molecule has 0 amide bonds. The van der Waals surface area contributed by atoms with Gasteiger partial charge in [-0.3, -0.25) is 0 Å². The van der Waals surface area contributed by atoms with E-state index in [-0.39, 0.29) is 0 Å². The van der Waals surface area contributed by atoms with E-state index < -0.39 is 9.20 Å². The van der Waals surface area contributed by atoms with Crippen molar-refractivity contribution in [2.24, 2.45) is 0 Å². The Bertz CT molecular complexity index is 95.1. The van der Waals surface area contributed by atoms with Crippen LogP contribution in [0.4, 0.5) is 0 Å². The van der Waals surface area contributed by atoms with Crippen molar-refractivity contribution < 1.29 is 4.43 Å². The molecule has 1 atom stereocenters. The van der Waals surface area contributed by atoms with Gasteiger partial charge in [-0.05, 0) is 40.2 Å². The van der Waals surface area contributed by atoms with Crippen LogP contribution in [0.2, 0.25) is 6.04 Å². The number of rotatable bonds is 7. The van der Waals surface area contributed by atoms with Crippen molar-refractivity contribution in [3.63, 3.8) is 0 Å². The zero-order valence-corrected chi connectivity index (χ0v) is 9.92. The van der Waals surface area contributed by atoms with Gasteiger partial charge in [-0.15, -0.1) is 0 Å². The minimum absolute atomic E-state index is 0.845. The maximum Gasteiger partial charge on any atom is 0.253 e.